The van der Waals surface area contributed by atoms with Crippen LogP contribution in [0.3, 0.4) is 0 Å². The van der Waals surface area contributed by atoms with Crippen LogP contribution < -0.4 is 4.57 Å². The van der Waals surface area contributed by atoms with Crippen LogP contribution in [0.5, 0.6) is 0 Å². The number of nitrogens with zero attached hydrogens (tertiary/aromatic N) is 5. The van der Waals surface area contributed by atoms with Gasteiger partial charge in [0.05, 0.1) is 31.6 Å². The zero-order valence-electron chi connectivity index (χ0n) is 11.9. The molecule has 0 atom stereocenters. The van der Waals surface area contributed by atoms with Crippen molar-refractivity contribution in [3.05, 3.63) is 42.4 Å². The molecule has 0 amide bonds. The van der Waals surface area contributed by atoms with Crippen LogP contribution in [-0.2, 0) is 20.6 Å². The average molecular weight is 276 g/mol. The summed E-state index contributed by atoms with van der Waals surface area (Å²) in [6.07, 6.45) is 5.68. The van der Waals surface area contributed by atoms with Crippen LogP contribution in [0.4, 0.5) is 0 Å². The molecule has 0 radical (unpaired) electrons. The zero-order chi connectivity index (χ0) is 14.1. The van der Waals surface area contributed by atoms with Gasteiger partial charge in [-0.05, 0) is 18.2 Å². The normalized spacial score (nSPS) is 13.0. The summed E-state index contributed by atoms with van der Waals surface area (Å²) in [5, 5.41) is 1.20. The van der Waals surface area contributed by atoms with Crippen molar-refractivity contribution in [1.82, 2.24) is 19.1 Å². The van der Waals surface area contributed by atoms with E-state index in [-0.39, 0.29) is 0 Å². The number of pyridine rings is 2. The number of fused-ring (bicyclic) bond motifs is 7. The number of aromatic nitrogens is 5. The third-order valence-corrected chi connectivity index (χ3v) is 4.53. The zero-order valence-corrected chi connectivity index (χ0v) is 11.9. The van der Waals surface area contributed by atoms with Crippen LogP contribution in [0.1, 0.15) is 5.56 Å². The number of imidazole rings is 1. The molecule has 5 nitrogen and oxygen atoms in total. The van der Waals surface area contributed by atoms with Crippen LogP contribution in [-0.4, -0.2) is 19.1 Å². The molecule has 5 heteroatoms. The maximum absolute atomic E-state index is 4.53. The SMILES string of the molecule is Cn1c2[n+](c3c1c1cccnc1n3C)Cc1ccncc1-2. The third kappa shape index (κ3) is 1.15. The van der Waals surface area contributed by atoms with Gasteiger partial charge in [-0.1, -0.05) is 0 Å². The smallest absolute Gasteiger partial charge is 0.264 e. The lowest BCUT2D eigenvalue weighted by Gasteiger charge is -1.97. The van der Waals surface area contributed by atoms with E-state index in [1.165, 1.54) is 33.5 Å². The van der Waals surface area contributed by atoms with E-state index < -0.39 is 0 Å². The van der Waals surface area contributed by atoms with E-state index >= 15 is 0 Å². The first-order valence-corrected chi connectivity index (χ1v) is 7.02. The molecule has 4 aromatic heterocycles. The molecule has 0 aromatic carbocycles. The third-order valence-electron chi connectivity index (χ3n) is 4.53. The fraction of sp³-hybridized carbons (Fsp3) is 0.188. The van der Waals surface area contributed by atoms with E-state index in [9.17, 15) is 0 Å². The van der Waals surface area contributed by atoms with Gasteiger partial charge in [-0.3, -0.25) is 9.55 Å². The molecule has 0 spiro atoms. The highest BCUT2D eigenvalue weighted by Crippen LogP contribution is 2.33. The Morgan fingerprint density at radius 1 is 1.14 bits per heavy atom. The Balaban J connectivity index is 2.02. The second-order valence-corrected chi connectivity index (χ2v) is 5.61. The van der Waals surface area contributed by atoms with Gasteiger partial charge < -0.3 is 0 Å². The predicted molar refractivity (Wildman–Crippen MR) is 79.7 cm³/mol. The first kappa shape index (κ1) is 11.0. The average Bonchev–Trinajstić information content (AvgIpc) is 3.11. The van der Waals surface area contributed by atoms with E-state index in [1.54, 1.807) is 0 Å². The molecule has 21 heavy (non-hydrogen) atoms. The van der Waals surface area contributed by atoms with E-state index in [0.717, 1.165) is 12.2 Å². The highest BCUT2D eigenvalue weighted by molar-refractivity contribution is 6.03. The summed E-state index contributed by atoms with van der Waals surface area (Å²) in [5.41, 5.74) is 6.05. The van der Waals surface area contributed by atoms with Crippen LogP contribution >= 0.6 is 0 Å². The Labute approximate surface area is 121 Å². The lowest BCUT2D eigenvalue weighted by atomic mass is 10.2. The van der Waals surface area contributed by atoms with Gasteiger partial charge in [0.25, 0.3) is 5.65 Å². The fourth-order valence-electron chi connectivity index (χ4n) is 3.66. The summed E-state index contributed by atoms with van der Waals surface area (Å²) >= 11 is 0. The molecule has 5 heterocycles. The summed E-state index contributed by atoms with van der Waals surface area (Å²) in [4.78, 5) is 8.82. The summed E-state index contributed by atoms with van der Waals surface area (Å²) in [5.74, 6) is 1.23. The van der Waals surface area contributed by atoms with Crippen molar-refractivity contribution >= 4 is 22.2 Å². The first-order chi connectivity index (χ1) is 10.3. The largest absolute Gasteiger partial charge is 0.271 e. The molecule has 0 N–H and O–H groups in total. The number of rotatable bonds is 0. The van der Waals surface area contributed by atoms with Crippen molar-refractivity contribution in [2.75, 3.05) is 0 Å². The molecule has 102 valence electrons. The Morgan fingerprint density at radius 3 is 2.95 bits per heavy atom. The number of aryl methyl sites for hydroxylation is 2. The molecule has 0 bridgehead atoms. The van der Waals surface area contributed by atoms with E-state index in [0.29, 0.717) is 0 Å². The van der Waals surface area contributed by atoms with Crippen molar-refractivity contribution in [3.8, 4) is 11.4 Å². The van der Waals surface area contributed by atoms with Crippen LogP contribution in [0, 0.1) is 0 Å². The molecular formula is C16H14N5+. The monoisotopic (exact) mass is 276 g/mol. The highest BCUT2D eigenvalue weighted by atomic mass is 15.2. The van der Waals surface area contributed by atoms with Gasteiger partial charge in [-0.2, -0.15) is 0 Å². The van der Waals surface area contributed by atoms with Gasteiger partial charge in [0.2, 0.25) is 11.5 Å². The van der Waals surface area contributed by atoms with Crippen molar-refractivity contribution in [1.29, 1.82) is 0 Å². The molecule has 5 rings (SSSR count). The first-order valence-electron chi connectivity index (χ1n) is 7.02. The fourth-order valence-corrected chi connectivity index (χ4v) is 3.66. The van der Waals surface area contributed by atoms with E-state index in [2.05, 4.69) is 49.9 Å². The summed E-state index contributed by atoms with van der Waals surface area (Å²) in [6, 6.07) is 6.25. The van der Waals surface area contributed by atoms with Crippen LogP contribution in [0.2, 0.25) is 0 Å². The van der Waals surface area contributed by atoms with Crippen molar-refractivity contribution in [3.63, 3.8) is 0 Å². The van der Waals surface area contributed by atoms with E-state index in [4.69, 9.17) is 0 Å². The van der Waals surface area contributed by atoms with Gasteiger partial charge in [0, 0.05) is 24.2 Å². The second-order valence-electron chi connectivity index (χ2n) is 5.61. The van der Waals surface area contributed by atoms with Gasteiger partial charge in [0.1, 0.15) is 0 Å². The summed E-state index contributed by atoms with van der Waals surface area (Å²) < 4.78 is 6.82. The Hall–Kier alpha value is -2.69. The predicted octanol–water partition coefficient (Wildman–Crippen LogP) is 1.78. The molecule has 1 aliphatic heterocycles. The maximum Gasteiger partial charge on any atom is 0.271 e. The Bertz CT molecular complexity index is 1040. The molecule has 0 saturated carbocycles. The molecule has 4 aromatic rings. The maximum atomic E-state index is 4.53. The second kappa shape index (κ2) is 3.49. The lowest BCUT2D eigenvalue weighted by Crippen LogP contribution is -2.33. The Kier molecular flexibility index (Phi) is 1.83. The van der Waals surface area contributed by atoms with Crippen molar-refractivity contribution < 1.29 is 4.57 Å². The summed E-state index contributed by atoms with van der Waals surface area (Å²) in [7, 11) is 4.22. The van der Waals surface area contributed by atoms with E-state index in [1.807, 2.05) is 24.7 Å². The van der Waals surface area contributed by atoms with Gasteiger partial charge >= 0.3 is 0 Å². The lowest BCUT2D eigenvalue weighted by molar-refractivity contribution is -0.648. The van der Waals surface area contributed by atoms with Crippen LogP contribution in [0.25, 0.3) is 33.6 Å². The quantitative estimate of drug-likeness (QED) is 0.404. The molecule has 0 unspecified atom stereocenters. The molecule has 0 aliphatic carbocycles. The number of hydrogen-bond donors (Lipinski definition) is 0. The minimum absolute atomic E-state index is 0.898. The molecule has 0 saturated heterocycles. The minimum Gasteiger partial charge on any atom is -0.264 e. The molecule has 0 fully saturated rings. The number of hydrogen-bond acceptors (Lipinski definition) is 2. The topological polar surface area (TPSA) is 39.5 Å². The van der Waals surface area contributed by atoms with Crippen molar-refractivity contribution in [2.24, 2.45) is 14.1 Å². The summed E-state index contributed by atoms with van der Waals surface area (Å²) in [6.45, 7) is 0.898. The molecule has 1 aliphatic rings. The van der Waals surface area contributed by atoms with Crippen molar-refractivity contribution in [2.45, 2.75) is 6.54 Å². The minimum atomic E-state index is 0.898. The Morgan fingerprint density at radius 2 is 2.05 bits per heavy atom. The van der Waals surface area contributed by atoms with Gasteiger partial charge in [-0.15, -0.1) is 0 Å². The highest BCUT2D eigenvalue weighted by Gasteiger charge is 2.34. The van der Waals surface area contributed by atoms with Gasteiger partial charge in [0.15, 0.2) is 5.52 Å². The standard InChI is InChI=1S/C16H14N5/c1-19-13-11-4-3-6-18-14(11)20(2)16(13)21-9-10-5-7-17-8-12(10)15(19)21/h3-8H,9H2,1-2H3/q+1. The van der Waals surface area contributed by atoms with Crippen LogP contribution in [0.15, 0.2) is 36.8 Å². The van der Waals surface area contributed by atoms with Gasteiger partial charge in [-0.25, -0.2) is 14.1 Å². The molecular weight excluding hydrogens is 262 g/mol.